The Hall–Kier alpha value is -0.0800. The van der Waals surface area contributed by atoms with Crippen LogP contribution >= 0.6 is 24.0 Å². The fourth-order valence-electron chi connectivity index (χ4n) is 3.21. The minimum atomic E-state index is 0. The highest BCUT2D eigenvalue weighted by molar-refractivity contribution is 14.0. The van der Waals surface area contributed by atoms with Gasteiger partial charge in [-0.3, -0.25) is 4.99 Å². The van der Waals surface area contributed by atoms with Crippen molar-refractivity contribution in [3.05, 3.63) is 0 Å². The first-order chi connectivity index (χ1) is 11.1. The molecule has 5 nitrogen and oxygen atoms in total. The molecule has 1 atom stereocenters. The van der Waals surface area contributed by atoms with E-state index >= 15 is 0 Å². The summed E-state index contributed by atoms with van der Waals surface area (Å²) in [6.45, 7) is 13.1. The van der Waals surface area contributed by atoms with Gasteiger partial charge in [-0.15, -0.1) is 24.0 Å². The van der Waals surface area contributed by atoms with Gasteiger partial charge < -0.3 is 20.6 Å². The zero-order chi connectivity index (χ0) is 17.1. The van der Waals surface area contributed by atoms with Crippen LogP contribution in [-0.4, -0.2) is 60.8 Å². The highest BCUT2D eigenvalue weighted by Gasteiger charge is 2.21. The molecular formula is C18H39IN4O. The SMILES string of the molecule is CCCC(CCO)CN=C(NCC)NC1CCN(C(C)C)CC1.I. The van der Waals surface area contributed by atoms with Gasteiger partial charge in [-0.05, 0) is 52.4 Å². The molecule has 6 heteroatoms. The van der Waals surface area contributed by atoms with Gasteiger partial charge in [0.15, 0.2) is 5.96 Å². The quantitative estimate of drug-likeness (QED) is 0.285. The van der Waals surface area contributed by atoms with E-state index in [9.17, 15) is 5.11 Å². The van der Waals surface area contributed by atoms with Crippen molar-refractivity contribution < 1.29 is 5.11 Å². The lowest BCUT2D eigenvalue weighted by Gasteiger charge is -2.35. The minimum Gasteiger partial charge on any atom is -0.396 e. The molecule has 1 unspecified atom stereocenters. The van der Waals surface area contributed by atoms with Crippen molar-refractivity contribution in [2.75, 3.05) is 32.8 Å². The van der Waals surface area contributed by atoms with E-state index < -0.39 is 0 Å². The largest absolute Gasteiger partial charge is 0.396 e. The normalized spacial score (nSPS) is 18.3. The predicted octanol–water partition coefficient (Wildman–Crippen LogP) is 2.83. The maximum Gasteiger partial charge on any atom is 0.191 e. The van der Waals surface area contributed by atoms with Gasteiger partial charge in [0.2, 0.25) is 0 Å². The second-order valence-corrected chi connectivity index (χ2v) is 6.93. The Kier molecular flexibility index (Phi) is 14.1. The summed E-state index contributed by atoms with van der Waals surface area (Å²) in [7, 11) is 0. The molecule has 0 aromatic rings. The summed E-state index contributed by atoms with van der Waals surface area (Å²) < 4.78 is 0. The summed E-state index contributed by atoms with van der Waals surface area (Å²) in [5.41, 5.74) is 0. The number of hydrogen-bond donors (Lipinski definition) is 3. The second-order valence-electron chi connectivity index (χ2n) is 6.93. The van der Waals surface area contributed by atoms with E-state index in [2.05, 4.69) is 43.2 Å². The van der Waals surface area contributed by atoms with Gasteiger partial charge in [0.25, 0.3) is 0 Å². The third-order valence-corrected chi connectivity index (χ3v) is 4.69. The Morgan fingerprint density at radius 1 is 1.21 bits per heavy atom. The van der Waals surface area contributed by atoms with E-state index in [0.717, 1.165) is 51.4 Å². The van der Waals surface area contributed by atoms with Crippen molar-refractivity contribution in [1.29, 1.82) is 0 Å². The Balaban J connectivity index is 0.00000529. The van der Waals surface area contributed by atoms with Crippen LogP contribution in [0.3, 0.4) is 0 Å². The van der Waals surface area contributed by atoms with Crippen LogP contribution in [0.25, 0.3) is 0 Å². The highest BCUT2D eigenvalue weighted by Crippen LogP contribution is 2.13. The van der Waals surface area contributed by atoms with Crippen molar-refractivity contribution >= 4 is 29.9 Å². The van der Waals surface area contributed by atoms with Crippen molar-refractivity contribution in [3.8, 4) is 0 Å². The van der Waals surface area contributed by atoms with E-state index in [1.54, 1.807) is 0 Å². The number of piperidine rings is 1. The first kappa shape index (κ1) is 23.9. The Morgan fingerprint density at radius 3 is 2.38 bits per heavy atom. The second kappa shape index (κ2) is 14.1. The molecule has 1 aliphatic rings. The highest BCUT2D eigenvalue weighted by atomic mass is 127. The average Bonchev–Trinajstić information content (AvgIpc) is 2.53. The lowest BCUT2D eigenvalue weighted by atomic mass is 10.0. The third-order valence-electron chi connectivity index (χ3n) is 4.69. The first-order valence-corrected chi connectivity index (χ1v) is 9.50. The third kappa shape index (κ3) is 9.42. The Bertz CT molecular complexity index is 325. The summed E-state index contributed by atoms with van der Waals surface area (Å²) in [6, 6.07) is 1.16. The number of nitrogens with zero attached hydrogens (tertiary/aromatic N) is 2. The van der Waals surface area contributed by atoms with E-state index in [0.29, 0.717) is 18.0 Å². The zero-order valence-corrected chi connectivity index (χ0v) is 18.4. The van der Waals surface area contributed by atoms with E-state index in [4.69, 9.17) is 4.99 Å². The summed E-state index contributed by atoms with van der Waals surface area (Å²) in [4.78, 5) is 7.31. The molecule has 0 spiro atoms. The van der Waals surface area contributed by atoms with Crippen molar-refractivity contribution in [1.82, 2.24) is 15.5 Å². The molecule has 24 heavy (non-hydrogen) atoms. The van der Waals surface area contributed by atoms with Gasteiger partial charge in [-0.2, -0.15) is 0 Å². The van der Waals surface area contributed by atoms with Crippen LogP contribution in [0.2, 0.25) is 0 Å². The van der Waals surface area contributed by atoms with Gasteiger partial charge in [0, 0.05) is 44.9 Å². The summed E-state index contributed by atoms with van der Waals surface area (Å²) in [5, 5.41) is 16.2. The van der Waals surface area contributed by atoms with Gasteiger partial charge in [-0.1, -0.05) is 13.3 Å². The van der Waals surface area contributed by atoms with Crippen molar-refractivity contribution in [3.63, 3.8) is 0 Å². The van der Waals surface area contributed by atoms with Gasteiger partial charge in [-0.25, -0.2) is 0 Å². The van der Waals surface area contributed by atoms with E-state index in [-0.39, 0.29) is 30.6 Å². The fraction of sp³-hybridized carbons (Fsp3) is 0.944. The molecule has 144 valence electrons. The monoisotopic (exact) mass is 454 g/mol. The molecule has 1 rings (SSSR count). The molecule has 0 aromatic carbocycles. The van der Waals surface area contributed by atoms with Crippen molar-refractivity contribution in [2.45, 2.75) is 71.9 Å². The maximum atomic E-state index is 9.18. The van der Waals surface area contributed by atoms with E-state index in [1.165, 1.54) is 12.8 Å². The zero-order valence-electron chi connectivity index (χ0n) is 16.1. The smallest absolute Gasteiger partial charge is 0.191 e. The lowest BCUT2D eigenvalue weighted by Crippen LogP contribution is -2.50. The molecule has 0 aromatic heterocycles. The topological polar surface area (TPSA) is 59.9 Å². The van der Waals surface area contributed by atoms with Crippen LogP contribution in [0.5, 0.6) is 0 Å². The van der Waals surface area contributed by atoms with Gasteiger partial charge >= 0.3 is 0 Å². The number of guanidine groups is 1. The van der Waals surface area contributed by atoms with E-state index in [1.807, 2.05) is 0 Å². The summed E-state index contributed by atoms with van der Waals surface area (Å²) in [5.74, 6) is 1.43. The number of aliphatic imine (C=N–C) groups is 1. The van der Waals surface area contributed by atoms with Gasteiger partial charge in [0.1, 0.15) is 0 Å². The standard InChI is InChI=1S/C18H38N4O.HI/c1-5-7-16(10-13-23)14-20-18(19-6-2)21-17-8-11-22(12-9-17)15(3)4;/h15-17,23H,5-14H2,1-4H3,(H2,19,20,21);1H. The molecule has 1 fully saturated rings. The maximum absolute atomic E-state index is 9.18. The lowest BCUT2D eigenvalue weighted by molar-refractivity contribution is 0.167. The van der Waals surface area contributed by atoms with Crippen LogP contribution in [-0.2, 0) is 0 Å². The fourth-order valence-corrected chi connectivity index (χ4v) is 3.21. The van der Waals surface area contributed by atoms with Gasteiger partial charge in [0.05, 0.1) is 0 Å². The molecule has 1 saturated heterocycles. The summed E-state index contributed by atoms with van der Waals surface area (Å²) in [6.07, 6.45) is 5.49. The Labute approximate surface area is 166 Å². The molecule has 0 saturated carbocycles. The number of hydrogen-bond acceptors (Lipinski definition) is 3. The molecule has 0 amide bonds. The first-order valence-electron chi connectivity index (χ1n) is 9.50. The number of aliphatic hydroxyl groups is 1. The Morgan fingerprint density at radius 2 is 1.88 bits per heavy atom. The number of halogens is 1. The molecular weight excluding hydrogens is 415 g/mol. The summed E-state index contributed by atoms with van der Waals surface area (Å²) >= 11 is 0. The average molecular weight is 454 g/mol. The number of aliphatic hydroxyl groups excluding tert-OH is 1. The molecule has 0 aliphatic carbocycles. The van der Waals surface area contributed by atoms with Crippen LogP contribution < -0.4 is 10.6 Å². The predicted molar refractivity (Wildman–Crippen MR) is 114 cm³/mol. The molecule has 1 aliphatic heterocycles. The number of nitrogens with one attached hydrogen (secondary N) is 2. The van der Waals surface area contributed by atoms with Crippen LogP contribution in [0.15, 0.2) is 4.99 Å². The van der Waals surface area contributed by atoms with Crippen LogP contribution in [0.1, 0.15) is 59.8 Å². The van der Waals surface area contributed by atoms with Crippen LogP contribution in [0.4, 0.5) is 0 Å². The van der Waals surface area contributed by atoms with Crippen LogP contribution in [0, 0.1) is 5.92 Å². The number of likely N-dealkylation sites (tertiary alicyclic amines) is 1. The number of rotatable bonds is 9. The molecule has 3 N–H and O–H groups in total. The molecule has 0 bridgehead atoms. The molecule has 1 heterocycles. The van der Waals surface area contributed by atoms with Crippen molar-refractivity contribution in [2.24, 2.45) is 10.9 Å². The molecule has 0 radical (unpaired) electrons. The minimum absolute atomic E-state index is 0.